The molecule has 29 heavy (non-hydrogen) atoms. The number of aliphatic imine (C=N–C) groups is 1. The van der Waals surface area contributed by atoms with Crippen LogP contribution in [0.15, 0.2) is 59.2 Å². The Balaban J connectivity index is 2.42. The number of carbonyl (C=O) groups excluding carboxylic acids is 1. The molecule has 0 aromatic heterocycles. The van der Waals surface area contributed by atoms with Crippen molar-refractivity contribution in [2.24, 2.45) is 10.7 Å². The van der Waals surface area contributed by atoms with Gasteiger partial charge in [-0.3, -0.25) is 9.79 Å². The van der Waals surface area contributed by atoms with E-state index in [1.54, 1.807) is 0 Å². The molecule has 0 fully saturated rings. The van der Waals surface area contributed by atoms with E-state index in [9.17, 15) is 4.79 Å². The van der Waals surface area contributed by atoms with E-state index in [2.05, 4.69) is 59.5 Å². The Bertz CT molecular complexity index is 694. The van der Waals surface area contributed by atoms with Crippen molar-refractivity contribution in [2.75, 3.05) is 6.54 Å². The molecule has 1 rings (SSSR count). The molecule has 0 aliphatic rings. The molecule has 0 saturated carbocycles. The Morgan fingerprint density at radius 1 is 1.24 bits per heavy atom. The maximum absolute atomic E-state index is 12.4. The fourth-order valence-corrected chi connectivity index (χ4v) is 2.85. The van der Waals surface area contributed by atoms with Crippen molar-refractivity contribution >= 4 is 11.7 Å². The molecule has 1 amide bonds. The molecule has 2 unspecified atom stereocenters. The lowest BCUT2D eigenvalue weighted by Crippen LogP contribution is -2.44. The first kappa shape index (κ1) is 24.5. The molecule has 2 atom stereocenters. The number of unbranched alkanes of at least 4 members (excludes halogenated alkanes) is 1. The highest BCUT2D eigenvalue weighted by Gasteiger charge is 2.14. The van der Waals surface area contributed by atoms with Crippen molar-refractivity contribution in [3.8, 4) is 0 Å². The molecule has 5 nitrogen and oxygen atoms in total. The van der Waals surface area contributed by atoms with Crippen LogP contribution in [0.5, 0.6) is 0 Å². The van der Waals surface area contributed by atoms with E-state index in [0.717, 1.165) is 43.4 Å². The largest absolute Gasteiger partial charge is 0.386 e. The zero-order chi connectivity index (χ0) is 21.6. The number of nitrogens with one attached hydrogen (secondary N) is 2. The summed E-state index contributed by atoms with van der Waals surface area (Å²) < 4.78 is 0. The van der Waals surface area contributed by atoms with Crippen LogP contribution in [0.3, 0.4) is 0 Å². The summed E-state index contributed by atoms with van der Waals surface area (Å²) in [5.41, 5.74) is 9.34. The van der Waals surface area contributed by atoms with E-state index in [-0.39, 0.29) is 24.5 Å². The highest BCUT2D eigenvalue weighted by atomic mass is 16.2. The fourth-order valence-electron chi connectivity index (χ4n) is 2.85. The van der Waals surface area contributed by atoms with Crippen LogP contribution in [0.1, 0.15) is 58.9 Å². The smallest absolute Gasteiger partial charge is 0.242 e. The lowest BCUT2D eigenvalue weighted by Gasteiger charge is -2.18. The highest BCUT2D eigenvalue weighted by molar-refractivity contribution is 5.89. The first-order valence-corrected chi connectivity index (χ1v) is 10.6. The maximum atomic E-state index is 12.4. The van der Waals surface area contributed by atoms with Gasteiger partial charge in [0.05, 0.1) is 12.6 Å². The van der Waals surface area contributed by atoms with E-state index in [0.29, 0.717) is 5.84 Å². The van der Waals surface area contributed by atoms with Gasteiger partial charge in [0, 0.05) is 5.70 Å². The van der Waals surface area contributed by atoms with Gasteiger partial charge in [0.25, 0.3) is 0 Å². The number of aryl methyl sites for hydroxylation is 1. The summed E-state index contributed by atoms with van der Waals surface area (Å²) in [4.78, 5) is 16.7. The number of nitrogens with zero attached hydrogens (tertiary/aromatic N) is 1. The average Bonchev–Trinajstić information content (AvgIpc) is 2.70. The summed E-state index contributed by atoms with van der Waals surface area (Å²) >= 11 is 0. The lowest BCUT2D eigenvalue weighted by molar-refractivity contribution is -0.122. The molecule has 0 spiro atoms. The van der Waals surface area contributed by atoms with Crippen molar-refractivity contribution in [2.45, 2.75) is 71.9 Å². The minimum absolute atomic E-state index is 0.0440. The third-order valence-corrected chi connectivity index (χ3v) is 4.77. The van der Waals surface area contributed by atoms with Gasteiger partial charge in [-0.1, -0.05) is 55.5 Å². The van der Waals surface area contributed by atoms with Crippen LogP contribution in [-0.4, -0.2) is 30.4 Å². The van der Waals surface area contributed by atoms with Gasteiger partial charge in [0.1, 0.15) is 11.9 Å². The summed E-state index contributed by atoms with van der Waals surface area (Å²) in [6.07, 6.45) is 7.33. The quantitative estimate of drug-likeness (QED) is 0.202. The Morgan fingerprint density at radius 3 is 2.55 bits per heavy atom. The summed E-state index contributed by atoms with van der Waals surface area (Å²) in [6.45, 7) is 11.9. The van der Waals surface area contributed by atoms with Crippen LogP contribution in [0.25, 0.3) is 0 Å². The van der Waals surface area contributed by atoms with Gasteiger partial charge in [-0.15, -0.1) is 0 Å². The van der Waals surface area contributed by atoms with Crippen molar-refractivity contribution in [1.82, 2.24) is 10.6 Å². The maximum Gasteiger partial charge on any atom is 0.242 e. The SMILES string of the molecule is C=C(C)C(C)N=C(N)CNC(=O)C(C)NC(=CCC)CCCCc1ccccc1. The van der Waals surface area contributed by atoms with Crippen LogP contribution in [0.2, 0.25) is 0 Å². The van der Waals surface area contributed by atoms with Crippen molar-refractivity contribution in [1.29, 1.82) is 0 Å². The number of carbonyl (C=O) groups is 1. The summed E-state index contributed by atoms with van der Waals surface area (Å²) in [7, 11) is 0. The molecule has 0 radical (unpaired) electrons. The lowest BCUT2D eigenvalue weighted by atomic mass is 10.1. The molecular formula is C24H38N4O. The minimum Gasteiger partial charge on any atom is -0.386 e. The zero-order valence-corrected chi connectivity index (χ0v) is 18.5. The fraction of sp³-hybridized carbons (Fsp3) is 0.500. The predicted molar refractivity (Wildman–Crippen MR) is 124 cm³/mol. The number of hydrogen-bond acceptors (Lipinski definition) is 3. The molecule has 0 bridgehead atoms. The highest BCUT2D eigenvalue weighted by Crippen LogP contribution is 2.11. The molecule has 0 aliphatic carbocycles. The Morgan fingerprint density at radius 2 is 1.93 bits per heavy atom. The summed E-state index contributed by atoms with van der Waals surface area (Å²) in [5.74, 6) is 0.323. The number of hydrogen-bond donors (Lipinski definition) is 3. The van der Waals surface area contributed by atoms with Gasteiger partial charge in [0.2, 0.25) is 5.91 Å². The Hall–Kier alpha value is -2.56. The molecule has 0 saturated heterocycles. The number of nitrogens with two attached hydrogens (primary N) is 1. The topological polar surface area (TPSA) is 79.5 Å². The van der Waals surface area contributed by atoms with Crippen molar-refractivity contribution < 1.29 is 4.79 Å². The predicted octanol–water partition coefficient (Wildman–Crippen LogP) is 4.11. The third-order valence-electron chi connectivity index (χ3n) is 4.77. The standard InChI is InChI=1S/C24H38N4O/c1-6-12-22(16-11-10-15-21-13-8-7-9-14-21)27-20(5)24(29)26-17-23(25)28-19(4)18(2)3/h7-9,12-14,19-20,27H,2,6,10-11,15-17H2,1,3-5H3,(H2,25,28)(H,26,29). The number of allylic oxidation sites excluding steroid dienone is 2. The molecule has 1 aromatic rings. The number of rotatable bonds is 13. The molecule has 0 aliphatic heterocycles. The molecule has 0 heterocycles. The normalized spacial score (nSPS) is 14.2. The second-order valence-electron chi connectivity index (χ2n) is 7.56. The average molecular weight is 399 g/mol. The summed E-state index contributed by atoms with van der Waals surface area (Å²) in [5, 5.41) is 6.20. The van der Waals surface area contributed by atoms with Crippen molar-refractivity contribution in [3.63, 3.8) is 0 Å². The number of amidine groups is 1. The summed E-state index contributed by atoms with van der Waals surface area (Å²) in [6, 6.07) is 10.2. The van der Waals surface area contributed by atoms with E-state index >= 15 is 0 Å². The van der Waals surface area contributed by atoms with Gasteiger partial charge < -0.3 is 16.4 Å². The van der Waals surface area contributed by atoms with Crippen LogP contribution in [0.4, 0.5) is 0 Å². The van der Waals surface area contributed by atoms with Crippen LogP contribution >= 0.6 is 0 Å². The van der Waals surface area contributed by atoms with E-state index < -0.39 is 0 Å². The van der Waals surface area contributed by atoms with E-state index in [1.807, 2.05) is 26.8 Å². The first-order valence-electron chi connectivity index (χ1n) is 10.6. The molecule has 1 aromatic carbocycles. The third kappa shape index (κ3) is 10.5. The second-order valence-corrected chi connectivity index (χ2v) is 7.56. The van der Waals surface area contributed by atoms with Crippen molar-refractivity contribution in [3.05, 3.63) is 59.8 Å². The molecule has 5 heteroatoms. The Kier molecular flexibility index (Phi) is 11.5. The Labute approximate surface area is 176 Å². The van der Waals surface area contributed by atoms with E-state index in [1.165, 1.54) is 5.56 Å². The van der Waals surface area contributed by atoms with Gasteiger partial charge in [0.15, 0.2) is 0 Å². The first-order chi connectivity index (χ1) is 13.8. The number of benzene rings is 1. The van der Waals surface area contributed by atoms with Gasteiger partial charge >= 0.3 is 0 Å². The van der Waals surface area contributed by atoms with Gasteiger partial charge in [-0.25, -0.2) is 0 Å². The minimum atomic E-state index is -0.326. The van der Waals surface area contributed by atoms with Gasteiger partial charge in [-0.2, -0.15) is 0 Å². The molecule has 160 valence electrons. The zero-order valence-electron chi connectivity index (χ0n) is 18.5. The molecular weight excluding hydrogens is 360 g/mol. The monoisotopic (exact) mass is 398 g/mol. The van der Waals surface area contributed by atoms with E-state index in [4.69, 9.17) is 5.73 Å². The van der Waals surface area contributed by atoms with Crippen LogP contribution in [0, 0.1) is 0 Å². The second kappa shape index (κ2) is 13.6. The van der Waals surface area contributed by atoms with Crippen LogP contribution < -0.4 is 16.4 Å². The van der Waals surface area contributed by atoms with Gasteiger partial charge in [-0.05, 0) is 58.4 Å². The molecule has 4 N–H and O–H groups in total. The van der Waals surface area contributed by atoms with Crippen LogP contribution in [-0.2, 0) is 11.2 Å². The number of amides is 1.